The summed E-state index contributed by atoms with van der Waals surface area (Å²) in [5.41, 5.74) is 1.78. The number of anilines is 1. The van der Waals surface area contributed by atoms with Crippen LogP contribution in [0.1, 0.15) is 44.1 Å². The zero-order valence-electron chi connectivity index (χ0n) is 16.3. The van der Waals surface area contributed by atoms with Crippen molar-refractivity contribution in [1.29, 1.82) is 0 Å². The molecule has 0 saturated heterocycles. The van der Waals surface area contributed by atoms with Crippen molar-refractivity contribution in [2.45, 2.75) is 51.2 Å². The first kappa shape index (κ1) is 20.6. The third kappa shape index (κ3) is 6.74. The average Bonchev–Trinajstić information content (AvgIpc) is 3.24. The van der Waals surface area contributed by atoms with Gasteiger partial charge < -0.3 is 15.4 Å². The summed E-state index contributed by atoms with van der Waals surface area (Å²) in [6.07, 6.45) is 7.72. The Bertz CT molecular complexity index is 802. The molecule has 0 unspecified atom stereocenters. The maximum absolute atomic E-state index is 12.0. The second-order valence-electron chi connectivity index (χ2n) is 7.14. The first-order chi connectivity index (χ1) is 14.1. The lowest BCUT2D eigenvalue weighted by Gasteiger charge is -2.12. The van der Waals surface area contributed by atoms with E-state index in [2.05, 4.69) is 15.6 Å². The second-order valence-corrected chi connectivity index (χ2v) is 7.14. The summed E-state index contributed by atoms with van der Waals surface area (Å²) in [4.78, 5) is 26.5. The van der Waals surface area contributed by atoms with E-state index in [4.69, 9.17) is 4.74 Å². The van der Waals surface area contributed by atoms with Gasteiger partial charge in [-0.25, -0.2) is 4.98 Å². The lowest BCUT2D eigenvalue weighted by atomic mass is 10.2. The van der Waals surface area contributed by atoms with Gasteiger partial charge >= 0.3 is 0 Å². The molecule has 0 radical (unpaired) electrons. The average molecular weight is 398 g/mol. The van der Waals surface area contributed by atoms with E-state index in [1.54, 1.807) is 18.3 Å². The first-order valence-corrected chi connectivity index (χ1v) is 9.97. The number of nitrogens with one attached hydrogen (secondary N) is 2. The number of pyridine rings is 1. The Labute approximate surface area is 169 Å². The SMILES string of the molecule is O=C(CCCNc1ccc([N+](=O)[O-])cc1)NCc1ccc(OC2CCCC2)nc1. The van der Waals surface area contributed by atoms with Crippen molar-refractivity contribution in [2.75, 3.05) is 11.9 Å². The van der Waals surface area contributed by atoms with E-state index in [9.17, 15) is 14.9 Å². The molecule has 1 saturated carbocycles. The van der Waals surface area contributed by atoms with Crippen LogP contribution in [0, 0.1) is 10.1 Å². The fraction of sp³-hybridized carbons (Fsp3) is 0.429. The van der Waals surface area contributed by atoms with E-state index in [1.807, 2.05) is 12.1 Å². The molecule has 1 aromatic carbocycles. The first-order valence-electron chi connectivity index (χ1n) is 9.97. The van der Waals surface area contributed by atoms with Crippen LogP contribution >= 0.6 is 0 Å². The molecule has 0 atom stereocenters. The molecule has 1 aliphatic rings. The molecule has 154 valence electrons. The third-order valence-corrected chi connectivity index (χ3v) is 4.86. The van der Waals surface area contributed by atoms with Crippen LogP contribution in [0.15, 0.2) is 42.6 Å². The molecule has 1 heterocycles. The molecule has 8 heteroatoms. The van der Waals surface area contributed by atoms with Gasteiger partial charge in [-0.1, -0.05) is 6.07 Å². The number of carbonyl (C=O) groups excluding carboxylic acids is 1. The molecule has 2 aromatic rings. The second kappa shape index (κ2) is 10.4. The van der Waals surface area contributed by atoms with Crippen LogP contribution in [0.5, 0.6) is 5.88 Å². The van der Waals surface area contributed by atoms with Crippen LogP contribution in [0.3, 0.4) is 0 Å². The van der Waals surface area contributed by atoms with E-state index in [-0.39, 0.29) is 17.7 Å². The summed E-state index contributed by atoms with van der Waals surface area (Å²) in [5.74, 6) is 0.617. The summed E-state index contributed by atoms with van der Waals surface area (Å²) in [7, 11) is 0. The topological polar surface area (TPSA) is 106 Å². The normalized spacial score (nSPS) is 13.8. The minimum atomic E-state index is -0.431. The van der Waals surface area contributed by atoms with Crippen molar-refractivity contribution in [2.24, 2.45) is 0 Å². The minimum absolute atomic E-state index is 0.0261. The van der Waals surface area contributed by atoms with Crippen LogP contribution in [-0.4, -0.2) is 28.5 Å². The van der Waals surface area contributed by atoms with Crippen molar-refractivity contribution in [3.8, 4) is 5.88 Å². The van der Waals surface area contributed by atoms with Gasteiger partial charge in [-0.05, 0) is 49.8 Å². The Morgan fingerprint density at radius 2 is 1.93 bits per heavy atom. The molecule has 1 aromatic heterocycles. The van der Waals surface area contributed by atoms with Crippen LogP contribution in [0.2, 0.25) is 0 Å². The van der Waals surface area contributed by atoms with E-state index in [0.29, 0.717) is 31.8 Å². The minimum Gasteiger partial charge on any atom is -0.474 e. The molecule has 2 N–H and O–H groups in total. The highest BCUT2D eigenvalue weighted by molar-refractivity contribution is 5.75. The number of benzene rings is 1. The number of hydrogen-bond donors (Lipinski definition) is 2. The molecular weight excluding hydrogens is 372 g/mol. The fourth-order valence-electron chi connectivity index (χ4n) is 3.23. The molecule has 1 fully saturated rings. The van der Waals surface area contributed by atoms with Crippen LogP contribution < -0.4 is 15.4 Å². The predicted molar refractivity (Wildman–Crippen MR) is 110 cm³/mol. The van der Waals surface area contributed by atoms with Crippen molar-refractivity contribution in [1.82, 2.24) is 10.3 Å². The molecule has 0 spiro atoms. The van der Waals surface area contributed by atoms with Gasteiger partial charge in [0.1, 0.15) is 6.10 Å². The van der Waals surface area contributed by atoms with Gasteiger partial charge in [0.2, 0.25) is 11.8 Å². The molecule has 3 rings (SSSR count). The monoisotopic (exact) mass is 398 g/mol. The molecule has 1 aliphatic carbocycles. The highest BCUT2D eigenvalue weighted by atomic mass is 16.6. The molecule has 8 nitrogen and oxygen atoms in total. The Kier molecular flexibility index (Phi) is 7.38. The predicted octanol–water partition coefficient (Wildman–Crippen LogP) is 3.82. The van der Waals surface area contributed by atoms with Gasteiger partial charge in [-0.3, -0.25) is 14.9 Å². The van der Waals surface area contributed by atoms with Gasteiger partial charge in [0, 0.05) is 49.6 Å². The van der Waals surface area contributed by atoms with E-state index >= 15 is 0 Å². The van der Waals surface area contributed by atoms with Crippen LogP contribution in [-0.2, 0) is 11.3 Å². The van der Waals surface area contributed by atoms with Crippen molar-refractivity contribution in [3.05, 3.63) is 58.3 Å². The number of amides is 1. The number of nitrogens with zero attached hydrogens (tertiary/aromatic N) is 2. The van der Waals surface area contributed by atoms with Gasteiger partial charge in [0.25, 0.3) is 5.69 Å². The number of non-ortho nitro benzene ring substituents is 1. The number of hydrogen-bond acceptors (Lipinski definition) is 6. The van der Waals surface area contributed by atoms with Crippen molar-refractivity contribution < 1.29 is 14.5 Å². The summed E-state index contributed by atoms with van der Waals surface area (Å²) in [6, 6.07) is 10.00. The molecule has 0 aliphatic heterocycles. The van der Waals surface area contributed by atoms with Gasteiger partial charge in [-0.2, -0.15) is 0 Å². The largest absolute Gasteiger partial charge is 0.474 e. The number of rotatable bonds is 10. The molecule has 1 amide bonds. The molecular formula is C21H26N4O4. The number of nitro benzene ring substituents is 1. The van der Waals surface area contributed by atoms with E-state index in [1.165, 1.54) is 25.0 Å². The van der Waals surface area contributed by atoms with Crippen molar-refractivity contribution in [3.63, 3.8) is 0 Å². The summed E-state index contributed by atoms with van der Waals surface area (Å²) >= 11 is 0. The molecule has 0 bridgehead atoms. The Morgan fingerprint density at radius 3 is 2.59 bits per heavy atom. The number of aromatic nitrogens is 1. The summed E-state index contributed by atoms with van der Waals surface area (Å²) in [5, 5.41) is 16.7. The van der Waals surface area contributed by atoms with Gasteiger partial charge in [-0.15, -0.1) is 0 Å². The van der Waals surface area contributed by atoms with Gasteiger partial charge in [0.15, 0.2) is 0 Å². The fourth-order valence-corrected chi connectivity index (χ4v) is 3.23. The number of nitro groups is 1. The Balaban J connectivity index is 1.30. The van der Waals surface area contributed by atoms with Gasteiger partial charge in [0.05, 0.1) is 4.92 Å². The Morgan fingerprint density at radius 1 is 1.17 bits per heavy atom. The zero-order valence-corrected chi connectivity index (χ0v) is 16.3. The van der Waals surface area contributed by atoms with E-state index < -0.39 is 4.92 Å². The van der Waals surface area contributed by atoms with Crippen molar-refractivity contribution >= 4 is 17.3 Å². The van der Waals surface area contributed by atoms with Crippen LogP contribution in [0.25, 0.3) is 0 Å². The lowest BCUT2D eigenvalue weighted by Crippen LogP contribution is -2.23. The Hall–Kier alpha value is -3.16. The standard InChI is InChI=1S/C21H26N4O4/c26-20(6-3-13-22-17-8-10-18(11-9-17)25(27)28)23-14-16-7-12-21(24-15-16)29-19-4-1-2-5-19/h7-12,15,19,22H,1-6,13-14H2,(H,23,26). The van der Waals surface area contributed by atoms with E-state index in [0.717, 1.165) is 24.1 Å². The summed E-state index contributed by atoms with van der Waals surface area (Å²) in [6.45, 7) is 1.05. The molecule has 29 heavy (non-hydrogen) atoms. The quantitative estimate of drug-likeness (QED) is 0.358. The third-order valence-electron chi connectivity index (χ3n) is 4.86. The highest BCUT2D eigenvalue weighted by Crippen LogP contribution is 2.22. The number of carbonyl (C=O) groups is 1. The maximum Gasteiger partial charge on any atom is 0.269 e. The zero-order chi connectivity index (χ0) is 20.5. The lowest BCUT2D eigenvalue weighted by molar-refractivity contribution is -0.384. The highest BCUT2D eigenvalue weighted by Gasteiger charge is 2.16. The smallest absolute Gasteiger partial charge is 0.269 e. The number of ether oxygens (including phenoxy) is 1. The van der Waals surface area contributed by atoms with Crippen LogP contribution in [0.4, 0.5) is 11.4 Å². The summed E-state index contributed by atoms with van der Waals surface area (Å²) < 4.78 is 5.84. The maximum atomic E-state index is 12.0.